The van der Waals surface area contributed by atoms with Crippen LogP contribution in [0.25, 0.3) is 0 Å². The van der Waals surface area contributed by atoms with Gasteiger partial charge in [0.05, 0.1) is 4.88 Å². The quantitative estimate of drug-likeness (QED) is 0.879. The molecule has 0 bridgehead atoms. The third kappa shape index (κ3) is 2.65. The number of carbonyl (C=O) groups is 1. The van der Waals surface area contributed by atoms with Crippen molar-refractivity contribution in [3.05, 3.63) is 45.7 Å². The van der Waals surface area contributed by atoms with Gasteiger partial charge in [-0.15, -0.1) is 11.3 Å². The molecule has 3 N–H and O–H groups in total. The number of nitrogen functional groups attached to an aromatic ring is 1. The van der Waals surface area contributed by atoms with Crippen molar-refractivity contribution in [2.75, 3.05) is 11.1 Å². The van der Waals surface area contributed by atoms with Crippen molar-refractivity contribution in [3.8, 4) is 0 Å². The molecule has 3 nitrogen and oxygen atoms in total. The first-order chi connectivity index (χ1) is 8.45. The van der Waals surface area contributed by atoms with Crippen molar-refractivity contribution in [2.24, 2.45) is 0 Å². The highest BCUT2D eigenvalue weighted by atomic mass is 32.1. The molecule has 18 heavy (non-hydrogen) atoms. The molecule has 0 saturated heterocycles. The number of nitrogens with two attached hydrogens (primary N) is 1. The topological polar surface area (TPSA) is 55.1 Å². The van der Waals surface area contributed by atoms with Crippen LogP contribution in [-0.4, -0.2) is 5.91 Å². The summed E-state index contributed by atoms with van der Waals surface area (Å²) in [5, 5.41) is 2.42. The number of halogens is 2. The van der Waals surface area contributed by atoms with E-state index in [9.17, 15) is 13.6 Å². The maximum atomic E-state index is 12.9. The van der Waals surface area contributed by atoms with E-state index in [0.717, 1.165) is 23.1 Å². The van der Waals surface area contributed by atoms with Crippen LogP contribution in [0.3, 0.4) is 0 Å². The van der Waals surface area contributed by atoms with Crippen LogP contribution in [0.2, 0.25) is 0 Å². The molecule has 94 valence electrons. The summed E-state index contributed by atoms with van der Waals surface area (Å²) in [7, 11) is 0. The number of carbonyl (C=O) groups excluding carboxylic acids is 1. The molecule has 1 heterocycles. The molecule has 0 spiro atoms. The molecule has 0 radical (unpaired) electrons. The van der Waals surface area contributed by atoms with Crippen LogP contribution in [0.4, 0.5) is 20.2 Å². The van der Waals surface area contributed by atoms with Gasteiger partial charge < -0.3 is 11.1 Å². The third-order valence-corrected chi connectivity index (χ3v) is 3.37. The molecule has 0 aliphatic carbocycles. The molecular formula is C12H10F2N2OS. The van der Waals surface area contributed by atoms with Gasteiger partial charge in [-0.3, -0.25) is 4.79 Å². The number of benzene rings is 1. The van der Waals surface area contributed by atoms with Gasteiger partial charge in [-0.1, -0.05) is 0 Å². The Labute approximate surface area is 106 Å². The Balaban J connectivity index is 2.21. The normalized spacial score (nSPS) is 10.4. The van der Waals surface area contributed by atoms with Gasteiger partial charge in [0.2, 0.25) is 0 Å². The van der Waals surface area contributed by atoms with Gasteiger partial charge in [0.1, 0.15) is 11.6 Å². The second-order valence-corrected chi connectivity index (χ2v) is 4.99. The first-order valence-electron chi connectivity index (χ1n) is 5.09. The number of aryl methyl sites for hydroxylation is 1. The summed E-state index contributed by atoms with van der Waals surface area (Å²) >= 11 is 1.23. The smallest absolute Gasteiger partial charge is 0.265 e. The van der Waals surface area contributed by atoms with E-state index in [4.69, 9.17) is 5.73 Å². The molecule has 2 rings (SSSR count). The zero-order valence-corrected chi connectivity index (χ0v) is 10.3. The van der Waals surface area contributed by atoms with E-state index in [1.165, 1.54) is 17.4 Å². The van der Waals surface area contributed by atoms with Crippen LogP contribution in [0.5, 0.6) is 0 Å². The summed E-state index contributed by atoms with van der Waals surface area (Å²) in [4.78, 5) is 13.0. The lowest BCUT2D eigenvalue weighted by atomic mass is 10.3. The number of anilines is 2. The summed E-state index contributed by atoms with van der Waals surface area (Å²) in [6.45, 7) is 1.79. The fourth-order valence-electron chi connectivity index (χ4n) is 1.43. The zero-order chi connectivity index (χ0) is 13.3. The van der Waals surface area contributed by atoms with Crippen molar-refractivity contribution in [1.29, 1.82) is 0 Å². The molecule has 0 aliphatic rings. The second kappa shape index (κ2) is 4.73. The molecule has 1 aromatic carbocycles. The van der Waals surface area contributed by atoms with Crippen molar-refractivity contribution in [2.45, 2.75) is 6.92 Å². The van der Waals surface area contributed by atoms with E-state index in [2.05, 4.69) is 5.32 Å². The number of nitrogens with one attached hydrogen (secondary N) is 1. The highest BCUT2D eigenvalue weighted by molar-refractivity contribution is 7.14. The molecule has 2 aromatic rings. The molecule has 0 unspecified atom stereocenters. The summed E-state index contributed by atoms with van der Waals surface area (Å²) in [6, 6.07) is 4.36. The van der Waals surface area contributed by atoms with Crippen LogP contribution >= 0.6 is 11.3 Å². The Morgan fingerprint density at radius 2 is 1.83 bits per heavy atom. The van der Waals surface area contributed by atoms with E-state index in [1.807, 2.05) is 0 Å². The molecule has 1 amide bonds. The zero-order valence-electron chi connectivity index (χ0n) is 9.46. The monoisotopic (exact) mass is 268 g/mol. The lowest BCUT2D eigenvalue weighted by molar-refractivity contribution is 0.103. The standard InChI is InChI=1S/C12H10F2N2OS/c1-6-10(15)5-11(18-6)12(17)16-9-3-7(13)2-8(14)4-9/h2-5H,15H2,1H3,(H,16,17). The molecule has 0 aliphatic heterocycles. The number of thiophene rings is 1. The number of amides is 1. The Morgan fingerprint density at radius 1 is 1.22 bits per heavy atom. The van der Waals surface area contributed by atoms with Crippen molar-refractivity contribution >= 4 is 28.6 Å². The van der Waals surface area contributed by atoms with Crippen molar-refractivity contribution < 1.29 is 13.6 Å². The van der Waals surface area contributed by atoms with E-state index in [-0.39, 0.29) is 5.69 Å². The summed E-state index contributed by atoms with van der Waals surface area (Å²) in [5.74, 6) is -1.93. The molecule has 0 saturated carbocycles. The SMILES string of the molecule is Cc1sc(C(=O)Nc2cc(F)cc(F)c2)cc1N. The van der Waals surface area contributed by atoms with Gasteiger partial charge >= 0.3 is 0 Å². The van der Waals surface area contributed by atoms with Gasteiger partial charge in [0, 0.05) is 22.3 Å². The number of hydrogen-bond acceptors (Lipinski definition) is 3. The highest BCUT2D eigenvalue weighted by Gasteiger charge is 2.12. The maximum absolute atomic E-state index is 12.9. The first kappa shape index (κ1) is 12.5. The Hall–Kier alpha value is -1.95. The predicted octanol–water partition coefficient (Wildman–Crippen LogP) is 3.17. The Kier molecular flexibility index (Phi) is 3.29. The molecule has 0 atom stereocenters. The predicted molar refractivity (Wildman–Crippen MR) is 67.8 cm³/mol. The summed E-state index contributed by atoms with van der Waals surface area (Å²) in [6.07, 6.45) is 0. The third-order valence-electron chi connectivity index (χ3n) is 2.30. The minimum absolute atomic E-state index is 0.0714. The van der Waals surface area contributed by atoms with E-state index < -0.39 is 17.5 Å². The fraction of sp³-hybridized carbons (Fsp3) is 0.0833. The average molecular weight is 268 g/mol. The fourth-order valence-corrected chi connectivity index (χ4v) is 2.26. The highest BCUT2D eigenvalue weighted by Crippen LogP contribution is 2.24. The number of rotatable bonds is 2. The second-order valence-electron chi connectivity index (χ2n) is 3.73. The molecule has 1 aromatic heterocycles. The Morgan fingerprint density at radius 3 is 2.33 bits per heavy atom. The molecule has 0 fully saturated rings. The lowest BCUT2D eigenvalue weighted by Gasteiger charge is -2.03. The van der Waals surface area contributed by atoms with E-state index >= 15 is 0 Å². The van der Waals surface area contributed by atoms with Gasteiger partial charge in [0.15, 0.2) is 0 Å². The molecule has 6 heteroatoms. The minimum Gasteiger partial charge on any atom is -0.398 e. The average Bonchev–Trinajstić information content (AvgIpc) is 2.57. The summed E-state index contributed by atoms with van der Waals surface area (Å²) in [5.41, 5.74) is 6.23. The van der Waals surface area contributed by atoms with E-state index in [0.29, 0.717) is 10.6 Å². The first-order valence-corrected chi connectivity index (χ1v) is 5.90. The Bertz CT molecular complexity index is 570. The van der Waals surface area contributed by atoms with Crippen molar-refractivity contribution in [1.82, 2.24) is 0 Å². The van der Waals surface area contributed by atoms with Crippen LogP contribution < -0.4 is 11.1 Å². The number of hydrogen-bond donors (Lipinski definition) is 2. The van der Waals surface area contributed by atoms with Crippen LogP contribution in [0.1, 0.15) is 14.5 Å². The van der Waals surface area contributed by atoms with Crippen molar-refractivity contribution in [3.63, 3.8) is 0 Å². The van der Waals surface area contributed by atoms with Crippen LogP contribution in [0, 0.1) is 18.6 Å². The van der Waals surface area contributed by atoms with Gasteiger partial charge in [-0.05, 0) is 25.1 Å². The van der Waals surface area contributed by atoms with Crippen LogP contribution in [0.15, 0.2) is 24.3 Å². The lowest BCUT2D eigenvalue weighted by Crippen LogP contribution is -2.10. The van der Waals surface area contributed by atoms with Gasteiger partial charge in [0.25, 0.3) is 5.91 Å². The van der Waals surface area contributed by atoms with Gasteiger partial charge in [-0.2, -0.15) is 0 Å². The van der Waals surface area contributed by atoms with Gasteiger partial charge in [-0.25, -0.2) is 8.78 Å². The minimum atomic E-state index is -0.743. The molecular weight excluding hydrogens is 258 g/mol. The van der Waals surface area contributed by atoms with Crippen LogP contribution in [-0.2, 0) is 0 Å². The summed E-state index contributed by atoms with van der Waals surface area (Å²) < 4.78 is 25.9. The largest absolute Gasteiger partial charge is 0.398 e. The van der Waals surface area contributed by atoms with E-state index in [1.54, 1.807) is 6.92 Å². The maximum Gasteiger partial charge on any atom is 0.265 e.